The van der Waals surface area contributed by atoms with Crippen LogP contribution in [0.25, 0.3) is 0 Å². The van der Waals surface area contributed by atoms with Crippen LogP contribution in [0, 0.1) is 0 Å². The Hall–Kier alpha value is -1.16. The molecular weight excluding hydrogens is 376 g/mol. The lowest BCUT2D eigenvalue weighted by Crippen LogP contribution is -2.66. The maximum absolute atomic E-state index is 6.79. The molecule has 0 saturated heterocycles. The maximum Gasteiger partial charge on any atom is 0.261 e. The van der Waals surface area contributed by atoms with E-state index in [0.29, 0.717) is 0 Å². The van der Waals surface area contributed by atoms with Crippen LogP contribution in [0.3, 0.4) is 0 Å². The molecule has 2 aromatic rings. The van der Waals surface area contributed by atoms with E-state index in [-0.39, 0.29) is 5.04 Å². The number of halogens is 1. The second kappa shape index (κ2) is 8.28. The third kappa shape index (κ3) is 4.27. The first-order chi connectivity index (χ1) is 11.4. The van der Waals surface area contributed by atoms with Gasteiger partial charge in [-0.05, 0) is 32.7 Å². The molecular formula is C21H27BrOSi. The minimum Gasteiger partial charge on any atom is -0.407 e. The molecule has 0 atom stereocenters. The highest BCUT2D eigenvalue weighted by atomic mass is 79.9. The van der Waals surface area contributed by atoms with Gasteiger partial charge in [-0.2, -0.15) is 0 Å². The third-order valence-corrected chi connectivity index (χ3v) is 9.77. The largest absolute Gasteiger partial charge is 0.407 e. The van der Waals surface area contributed by atoms with Crippen LogP contribution in [0.2, 0.25) is 5.04 Å². The molecule has 128 valence electrons. The molecule has 0 fully saturated rings. The number of rotatable bonds is 7. The quantitative estimate of drug-likeness (QED) is 0.453. The van der Waals surface area contributed by atoms with Crippen LogP contribution >= 0.6 is 15.9 Å². The highest BCUT2D eigenvalue weighted by molar-refractivity contribution is 9.11. The third-order valence-electron chi connectivity index (χ3n) is 4.33. The summed E-state index contributed by atoms with van der Waals surface area (Å²) in [6.45, 7) is 11.6. The Morgan fingerprint density at radius 1 is 0.958 bits per heavy atom. The van der Waals surface area contributed by atoms with Gasteiger partial charge in [0, 0.05) is 6.61 Å². The fraction of sp³-hybridized carbons (Fsp3) is 0.333. The molecule has 0 unspecified atom stereocenters. The molecule has 0 amide bonds. The lowest BCUT2D eigenvalue weighted by atomic mass is 10.2. The van der Waals surface area contributed by atoms with Crippen molar-refractivity contribution in [2.75, 3.05) is 6.61 Å². The number of hydrogen-bond donors (Lipinski definition) is 0. The van der Waals surface area contributed by atoms with E-state index in [1.165, 1.54) is 10.4 Å². The second-order valence-electron chi connectivity index (χ2n) is 7.13. The smallest absolute Gasteiger partial charge is 0.261 e. The molecule has 3 heteroatoms. The van der Waals surface area contributed by atoms with E-state index in [4.69, 9.17) is 4.43 Å². The standard InChI is InChI=1S/C21H27BrOSi/c1-18(22)12-11-17-23-24(21(2,3)4,19-13-7-5-8-14-19)20-15-9-6-10-16-20/h5-10,13-16H,1,11-12,17H2,2-4H3. The van der Waals surface area contributed by atoms with E-state index in [9.17, 15) is 0 Å². The highest BCUT2D eigenvalue weighted by Gasteiger charge is 2.49. The summed E-state index contributed by atoms with van der Waals surface area (Å²) >= 11 is 3.45. The fourth-order valence-corrected chi connectivity index (χ4v) is 8.14. The van der Waals surface area contributed by atoms with Crippen LogP contribution in [0.15, 0.2) is 71.7 Å². The van der Waals surface area contributed by atoms with Crippen molar-refractivity contribution in [2.45, 2.75) is 38.7 Å². The first-order valence-corrected chi connectivity index (χ1v) is 11.2. The van der Waals surface area contributed by atoms with Gasteiger partial charge in [0.1, 0.15) is 0 Å². The lowest BCUT2D eigenvalue weighted by molar-refractivity contribution is 0.293. The molecule has 2 rings (SSSR count). The van der Waals surface area contributed by atoms with E-state index in [2.05, 4.69) is 104 Å². The average Bonchev–Trinajstić information content (AvgIpc) is 2.55. The van der Waals surface area contributed by atoms with Crippen LogP contribution < -0.4 is 10.4 Å². The Bertz CT molecular complexity index is 607. The van der Waals surface area contributed by atoms with E-state index in [1.54, 1.807) is 0 Å². The summed E-state index contributed by atoms with van der Waals surface area (Å²) in [6.07, 6.45) is 1.92. The molecule has 2 aromatic carbocycles. The minimum atomic E-state index is -2.37. The highest BCUT2D eigenvalue weighted by Crippen LogP contribution is 2.36. The molecule has 0 aromatic heterocycles. The van der Waals surface area contributed by atoms with Gasteiger partial charge in [0.25, 0.3) is 8.32 Å². The fourth-order valence-electron chi connectivity index (χ4n) is 3.25. The predicted molar refractivity (Wildman–Crippen MR) is 111 cm³/mol. The number of hydrogen-bond acceptors (Lipinski definition) is 1. The Labute approximate surface area is 156 Å². The second-order valence-corrected chi connectivity index (χ2v) is 12.6. The van der Waals surface area contributed by atoms with Crippen molar-refractivity contribution < 1.29 is 4.43 Å². The summed E-state index contributed by atoms with van der Waals surface area (Å²) in [5, 5.41) is 2.71. The zero-order valence-corrected chi connectivity index (χ0v) is 17.5. The summed E-state index contributed by atoms with van der Waals surface area (Å²) in [7, 11) is -2.37. The van der Waals surface area contributed by atoms with Gasteiger partial charge in [-0.3, -0.25) is 0 Å². The van der Waals surface area contributed by atoms with Gasteiger partial charge in [-0.1, -0.05) is 104 Å². The first-order valence-electron chi connectivity index (χ1n) is 8.46. The number of allylic oxidation sites excluding steroid dienone is 1. The van der Waals surface area contributed by atoms with Gasteiger partial charge in [-0.15, -0.1) is 0 Å². The van der Waals surface area contributed by atoms with Crippen LogP contribution in [-0.2, 0) is 4.43 Å². The molecule has 0 aliphatic heterocycles. The van der Waals surface area contributed by atoms with Gasteiger partial charge in [0.15, 0.2) is 0 Å². The summed E-state index contributed by atoms with van der Waals surface area (Å²) in [4.78, 5) is 0. The molecule has 24 heavy (non-hydrogen) atoms. The van der Waals surface area contributed by atoms with Gasteiger partial charge in [0.05, 0.1) is 0 Å². The van der Waals surface area contributed by atoms with Gasteiger partial charge < -0.3 is 4.43 Å². The Morgan fingerprint density at radius 3 is 1.79 bits per heavy atom. The first kappa shape index (κ1) is 19.2. The molecule has 0 saturated carbocycles. The van der Waals surface area contributed by atoms with E-state index in [1.807, 2.05) is 0 Å². The number of benzene rings is 2. The molecule has 1 nitrogen and oxygen atoms in total. The Morgan fingerprint density at radius 2 is 1.42 bits per heavy atom. The molecule has 0 N–H and O–H groups in total. The van der Waals surface area contributed by atoms with E-state index < -0.39 is 8.32 Å². The average molecular weight is 403 g/mol. The van der Waals surface area contributed by atoms with Crippen molar-refractivity contribution in [3.05, 3.63) is 71.7 Å². The van der Waals surface area contributed by atoms with Crippen molar-refractivity contribution in [1.29, 1.82) is 0 Å². The van der Waals surface area contributed by atoms with Crippen LogP contribution in [0.5, 0.6) is 0 Å². The SMILES string of the molecule is C=C(Br)CCCO[Si](c1ccccc1)(c1ccccc1)C(C)(C)C. The topological polar surface area (TPSA) is 9.23 Å². The van der Waals surface area contributed by atoms with Crippen molar-refractivity contribution >= 4 is 34.6 Å². The van der Waals surface area contributed by atoms with Crippen LogP contribution in [0.4, 0.5) is 0 Å². The summed E-state index contributed by atoms with van der Waals surface area (Å²) in [6, 6.07) is 21.6. The molecule has 0 radical (unpaired) electrons. The van der Waals surface area contributed by atoms with Crippen molar-refractivity contribution in [2.24, 2.45) is 0 Å². The lowest BCUT2D eigenvalue weighted by Gasteiger charge is -2.43. The molecule has 0 aliphatic carbocycles. The molecule has 0 heterocycles. The summed E-state index contributed by atoms with van der Waals surface area (Å²) < 4.78 is 7.83. The maximum atomic E-state index is 6.79. The summed E-state index contributed by atoms with van der Waals surface area (Å²) in [5.41, 5.74) is 0. The predicted octanol–water partition coefficient (Wildman–Crippen LogP) is 5.25. The molecule has 0 bridgehead atoms. The van der Waals surface area contributed by atoms with E-state index >= 15 is 0 Å². The van der Waals surface area contributed by atoms with Crippen molar-refractivity contribution in [1.82, 2.24) is 0 Å². The summed E-state index contributed by atoms with van der Waals surface area (Å²) in [5.74, 6) is 0. The van der Waals surface area contributed by atoms with Gasteiger partial charge in [0.2, 0.25) is 0 Å². The van der Waals surface area contributed by atoms with Crippen molar-refractivity contribution in [3.63, 3.8) is 0 Å². The van der Waals surface area contributed by atoms with Crippen LogP contribution in [-0.4, -0.2) is 14.9 Å². The van der Waals surface area contributed by atoms with Gasteiger partial charge in [-0.25, -0.2) is 0 Å². The molecule has 0 spiro atoms. The Kier molecular flexibility index (Phi) is 6.61. The normalized spacial score (nSPS) is 12.2. The zero-order chi connectivity index (χ0) is 17.6. The molecule has 0 aliphatic rings. The van der Waals surface area contributed by atoms with Gasteiger partial charge >= 0.3 is 0 Å². The van der Waals surface area contributed by atoms with Crippen LogP contribution in [0.1, 0.15) is 33.6 Å². The minimum absolute atomic E-state index is 0.0428. The Balaban J connectivity index is 2.47. The zero-order valence-electron chi connectivity index (χ0n) is 14.9. The van der Waals surface area contributed by atoms with Crippen molar-refractivity contribution in [3.8, 4) is 0 Å². The van der Waals surface area contributed by atoms with E-state index in [0.717, 1.165) is 23.9 Å². The monoisotopic (exact) mass is 402 g/mol.